The third-order valence-electron chi connectivity index (χ3n) is 3.58. The molecular formula is C12H21N3. The quantitative estimate of drug-likeness (QED) is 0.804. The van der Waals surface area contributed by atoms with Gasteiger partial charge in [0, 0.05) is 18.8 Å². The van der Waals surface area contributed by atoms with Gasteiger partial charge in [-0.1, -0.05) is 6.92 Å². The minimum absolute atomic E-state index is 0.0234. The lowest BCUT2D eigenvalue weighted by Crippen LogP contribution is -2.44. The highest BCUT2D eigenvalue weighted by Gasteiger charge is 2.30. The topological polar surface area (TPSA) is 43.8 Å². The maximum Gasteiger partial charge on any atom is 0.0522 e. The minimum atomic E-state index is 0.0234. The second-order valence-corrected chi connectivity index (χ2v) is 5.24. The number of aromatic nitrogens is 2. The lowest BCUT2D eigenvalue weighted by atomic mass is 9.75. The third kappa shape index (κ3) is 2.59. The Morgan fingerprint density at radius 2 is 2.20 bits per heavy atom. The highest BCUT2D eigenvalue weighted by molar-refractivity contribution is 5.10. The summed E-state index contributed by atoms with van der Waals surface area (Å²) in [6.45, 7) is 2.32. The van der Waals surface area contributed by atoms with E-state index >= 15 is 0 Å². The van der Waals surface area contributed by atoms with E-state index in [9.17, 15) is 0 Å². The van der Waals surface area contributed by atoms with E-state index in [1.807, 2.05) is 17.9 Å². The van der Waals surface area contributed by atoms with Crippen LogP contribution in [-0.4, -0.2) is 15.3 Å². The highest BCUT2D eigenvalue weighted by Crippen LogP contribution is 2.32. The molecule has 1 aliphatic rings. The van der Waals surface area contributed by atoms with Gasteiger partial charge in [-0.05, 0) is 43.6 Å². The summed E-state index contributed by atoms with van der Waals surface area (Å²) in [6.07, 6.45) is 9.85. The van der Waals surface area contributed by atoms with E-state index < -0.39 is 0 Å². The predicted octanol–water partition coefficient (Wildman–Crippen LogP) is 1.87. The Balaban J connectivity index is 1.99. The molecule has 0 unspecified atom stereocenters. The zero-order valence-electron chi connectivity index (χ0n) is 9.74. The van der Waals surface area contributed by atoms with Crippen molar-refractivity contribution in [1.82, 2.24) is 9.78 Å². The van der Waals surface area contributed by atoms with Crippen LogP contribution in [0.4, 0.5) is 0 Å². The van der Waals surface area contributed by atoms with Gasteiger partial charge in [-0.2, -0.15) is 5.10 Å². The van der Waals surface area contributed by atoms with Crippen molar-refractivity contribution in [2.24, 2.45) is 18.7 Å². The van der Waals surface area contributed by atoms with Crippen molar-refractivity contribution in [3.8, 4) is 0 Å². The molecule has 1 fully saturated rings. The average Bonchev–Trinajstić information content (AvgIpc) is 2.57. The van der Waals surface area contributed by atoms with Crippen molar-refractivity contribution < 1.29 is 0 Å². The molecule has 1 heterocycles. The van der Waals surface area contributed by atoms with Gasteiger partial charge in [0.2, 0.25) is 0 Å². The van der Waals surface area contributed by atoms with Crippen LogP contribution in [0.25, 0.3) is 0 Å². The smallest absolute Gasteiger partial charge is 0.0522 e. The maximum absolute atomic E-state index is 6.43. The molecule has 3 nitrogen and oxygen atoms in total. The Bertz CT molecular complexity index is 321. The molecule has 0 radical (unpaired) electrons. The van der Waals surface area contributed by atoms with E-state index in [-0.39, 0.29) is 5.54 Å². The molecule has 0 aliphatic heterocycles. The molecule has 2 rings (SSSR count). The van der Waals surface area contributed by atoms with Gasteiger partial charge >= 0.3 is 0 Å². The van der Waals surface area contributed by atoms with Crippen LogP contribution in [0.3, 0.4) is 0 Å². The van der Waals surface area contributed by atoms with Crippen LogP contribution in [0.2, 0.25) is 0 Å². The standard InChI is InChI=1S/C12H21N3/c1-10-3-5-12(13,6-4-10)7-11-8-14-15(2)9-11/h8-10H,3-7,13H2,1-2H3. The van der Waals surface area contributed by atoms with E-state index in [1.165, 1.54) is 18.4 Å². The molecule has 0 aromatic carbocycles. The summed E-state index contributed by atoms with van der Waals surface area (Å²) in [5.74, 6) is 0.857. The van der Waals surface area contributed by atoms with Crippen molar-refractivity contribution in [3.05, 3.63) is 18.0 Å². The van der Waals surface area contributed by atoms with E-state index in [4.69, 9.17) is 5.73 Å². The molecule has 1 aliphatic carbocycles. The molecule has 1 aromatic rings. The summed E-state index contributed by atoms with van der Waals surface area (Å²) in [7, 11) is 1.95. The SMILES string of the molecule is CC1CCC(N)(Cc2cnn(C)c2)CC1. The lowest BCUT2D eigenvalue weighted by molar-refractivity contribution is 0.243. The molecule has 0 saturated heterocycles. The van der Waals surface area contributed by atoms with Gasteiger partial charge in [-0.25, -0.2) is 0 Å². The van der Waals surface area contributed by atoms with Crippen LogP contribution in [0, 0.1) is 5.92 Å². The molecule has 0 amide bonds. The first kappa shape index (κ1) is 10.7. The Morgan fingerprint density at radius 1 is 1.53 bits per heavy atom. The Hall–Kier alpha value is -0.830. The fourth-order valence-corrected chi connectivity index (χ4v) is 2.48. The number of hydrogen-bond donors (Lipinski definition) is 1. The Labute approximate surface area is 91.7 Å². The normalized spacial score (nSPS) is 31.8. The fraction of sp³-hybridized carbons (Fsp3) is 0.750. The van der Waals surface area contributed by atoms with E-state index in [2.05, 4.69) is 18.2 Å². The van der Waals surface area contributed by atoms with Gasteiger partial charge in [0.15, 0.2) is 0 Å². The van der Waals surface area contributed by atoms with Crippen molar-refractivity contribution in [3.63, 3.8) is 0 Å². The number of hydrogen-bond acceptors (Lipinski definition) is 2. The summed E-state index contributed by atoms with van der Waals surface area (Å²) < 4.78 is 1.85. The van der Waals surface area contributed by atoms with Gasteiger partial charge in [0.25, 0.3) is 0 Å². The van der Waals surface area contributed by atoms with Crippen molar-refractivity contribution in [2.75, 3.05) is 0 Å². The van der Waals surface area contributed by atoms with Crippen molar-refractivity contribution in [1.29, 1.82) is 0 Å². The van der Waals surface area contributed by atoms with Gasteiger partial charge in [0.1, 0.15) is 0 Å². The van der Waals surface area contributed by atoms with Crippen LogP contribution < -0.4 is 5.73 Å². The Kier molecular flexibility index (Phi) is 2.83. The second-order valence-electron chi connectivity index (χ2n) is 5.24. The molecule has 0 atom stereocenters. The zero-order chi connectivity index (χ0) is 10.9. The largest absolute Gasteiger partial charge is 0.325 e. The average molecular weight is 207 g/mol. The van der Waals surface area contributed by atoms with Crippen LogP contribution in [0.15, 0.2) is 12.4 Å². The maximum atomic E-state index is 6.43. The van der Waals surface area contributed by atoms with Gasteiger partial charge in [-0.15, -0.1) is 0 Å². The molecule has 1 saturated carbocycles. The molecule has 15 heavy (non-hydrogen) atoms. The third-order valence-corrected chi connectivity index (χ3v) is 3.58. The lowest BCUT2D eigenvalue weighted by Gasteiger charge is -2.35. The first-order chi connectivity index (χ1) is 7.07. The fourth-order valence-electron chi connectivity index (χ4n) is 2.48. The van der Waals surface area contributed by atoms with Crippen LogP contribution >= 0.6 is 0 Å². The van der Waals surface area contributed by atoms with E-state index in [0.29, 0.717) is 0 Å². The van der Waals surface area contributed by atoms with E-state index in [0.717, 1.165) is 25.2 Å². The first-order valence-corrected chi connectivity index (χ1v) is 5.84. The number of nitrogens with two attached hydrogens (primary N) is 1. The number of nitrogens with zero attached hydrogens (tertiary/aromatic N) is 2. The van der Waals surface area contributed by atoms with Crippen molar-refractivity contribution >= 4 is 0 Å². The molecule has 3 heteroatoms. The van der Waals surface area contributed by atoms with Gasteiger partial charge in [-0.3, -0.25) is 4.68 Å². The molecule has 2 N–H and O–H groups in total. The van der Waals surface area contributed by atoms with Crippen LogP contribution in [0.5, 0.6) is 0 Å². The molecule has 0 bridgehead atoms. The summed E-state index contributed by atoms with van der Waals surface area (Å²) in [5, 5.41) is 4.19. The number of aryl methyl sites for hydroxylation is 1. The van der Waals surface area contributed by atoms with Gasteiger partial charge in [0.05, 0.1) is 6.20 Å². The molecule has 84 valence electrons. The van der Waals surface area contributed by atoms with Crippen LogP contribution in [0.1, 0.15) is 38.2 Å². The van der Waals surface area contributed by atoms with Crippen molar-refractivity contribution in [2.45, 2.75) is 44.6 Å². The summed E-state index contributed by atoms with van der Waals surface area (Å²) in [6, 6.07) is 0. The van der Waals surface area contributed by atoms with Gasteiger partial charge < -0.3 is 5.73 Å². The molecule has 1 aromatic heterocycles. The summed E-state index contributed by atoms with van der Waals surface area (Å²) in [5.41, 5.74) is 7.72. The summed E-state index contributed by atoms with van der Waals surface area (Å²) >= 11 is 0. The van der Waals surface area contributed by atoms with E-state index in [1.54, 1.807) is 0 Å². The summed E-state index contributed by atoms with van der Waals surface area (Å²) in [4.78, 5) is 0. The zero-order valence-corrected chi connectivity index (χ0v) is 9.74. The van der Waals surface area contributed by atoms with Crippen LogP contribution in [-0.2, 0) is 13.5 Å². The monoisotopic (exact) mass is 207 g/mol. The predicted molar refractivity (Wildman–Crippen MR) is 61.5 cm³/mol. The molecule has 0 spiro atoms. The first-order valence-electron chi connectivity index (χ1n) is 5.84. The number of rotatable bonds is 2. The highest BCUT2D eigenvalue weighted by atomic mass is 15.2. The molecular weight excluding hydrogens is 186 g/mol. The minimum Gasteiger partial charge on any atom is -0.325 e. The second kappa shape index (κ2) is 3.97. The Morgan fingerprint density at radius 3 is 2.73 bits per heavy atom.